The fraction of sp³-hybridized carbons (Fsp3) is 0.0741. The maximum absolute atomic E-state index is 13.4. The number of nitrogens with zero attached hydrogens (tertiary/aromatic N) is 2. The summed E-state index contributed by atoms with van der Waals surface area (Å²) < 4.78 is 20.7. The smallest absolute Gasteiger partial charge is 0.372 e. The number of nitrogens with one attached hydrogen (secondary N) is 2. The SMILES string of the molecule is O=C(NNOC(=O)c1nn(-c2ccc(Cl)cc2Cl)c2c1COCC2=Cc1ccc(F)cc1)c1ccccc1. The molecule has 0 aliphatic carbocycles. The van der Waals surface area contributed by atoms with Crippen molar-refractivity contribution in [1.29, 1.82) is 0 Å². The number of hydrazine groups is 1. The van der Waals surface area contributed by atoms with Crippen LogP contribution in [0.3, 0.4) is 0 Å². The lowest BCUT2D eigenvalue weighted by atomic mass is 10.0. The summed E-state index contributed by atoms with van der Waals surface area (Å²) in [5.74, 6) is -1.71. The van der Waals surface area contributed by atoms with Crippen LogP contribution in [0.1, 0.15) is 37.7 Å². The Morgan fingerprint density at radius 3 is 2.53 bits per heavy atom. The van der Waals surface area contributed by atoms with Crippen LogP contribution in [-0.2, 0) is 16.2 Å². The van der Waals surface area contributed by atoms with Crippen LogP contribution in [0, 0.1) is 5.82 Å². The van der Waals surface area contributed by atoms with Gasteiger partial charge in [-0.15, -0.1) is 0 Å². The summed E-state index contributed by atoms with van der Waals surface area (Å²) in [6.07, 6.45) is 1.81. The number of carbonyl (C=O) groups is 2. The second-order valence-electron chi connectivity index (χ2n) is 8.21. The van der Waals surface area contributed by atoms with Crippen LogP contribution >= 0.6 is 23.2 Å². The summed E-state index contributed by atoms with van der Waals surface area (Å²) in [7, 11) is 0. The number of ether oxygens (including phenoxy) is 1. The van der Waals surface area contributed by atoms with Crippen LogP contribution in [0.25, 0.3) is 17.3 Å². The quantitative estimate of drug-likeness (QED) is 0.311. The number of hydrogen-bond acceptors (Lipinski definition) is 6. The zero-order chi connectivity index (χ0) is 26.6. The predicted octanol–water partition coefficient (Wildman–Crippen LogP) is 5.40. The molecule has 0 unspecified atom stereocenters. The summed E-state index contributed by atoms with van der Waals surface area (Å²) in [5, 5.41) is 5.24. The number of benzene rings is 3. The van der Waals surface area contributed by atoms with E-state index < -0.39 is 11.9 Å². The molecular formula is C27H19Cl2FN4O4. The van der Waals surface area contributed by atoms with E-state index in [-0.39, 0.29) is 24.7 Å². The van der Waals surface area contributed by atoms with Gasteiger partial charge >= 0.3 is 5.97 Å². The van der Waals surface area contributed by atoms with Crippen LogP contribution in [-0.4, -0.2) is 28.3 Å². The summed E-state index contributed by atoms with van der Waals surface area (Å²) in [6, 6.07) is 19.3. The highest BCUT2D eigenvalue weighted by Crippen LogP contribution is 2.35. The molecule has 0 fully saturated rings. The van der Waals surface area contributed by atoms with Crippen molar-refractivity contribution in [2.75, 3.05) is 6.61 Å². The standard InChI is InChI=1S/C27H19Cl2FN4O4/c28-19-8-11-23(22(29)13-19)34-25-18(12-16-6-9-20(30)10-7-16)14-37-15-21(25)24(32-34)27(36)38-33-31-26(35)17-4-2-1-3-5-17/h1-13,33H,14-15H2,(H,31,35). The lowest BCUT2D eigenvalue weighted by molar-refractivity contribution is 0.0126. The molecule has 8 nitrogen and oxygen atoms in total. The van der Waals surface area contributed by atoms with Crippen LogP contribution in [0.4, 0.5) is 4.39 Å². The molecule has 1 amide bonds. The summed E-state index contributed by atoms with van der Waals surface area (Å²) in [6.45, 7) is 0.281. The average molecular weight is 553 g/mol. The number of fused-ring (bicyclic) bond motifs is 1. The highest BCUT2D eigenvalue weighted by Gasteiger charge is 2.31. The molecule has 0 bridgehead atoms. The van der Waals surface area contributed by atoms with Crippen molar-refractivity contribution in [2.24, 2.45) is 0 Å². The molecule has 0 radical (unpaired) electrons. The van der Waals surface area contributed by atoms with Crippen LogP contribution in [0.2, 0.25) is 10.0 Å². The van der Waals surface area contributed by atoms with Gasteiger partial charge in [-0.1, -0.05) is 59.1 Å². The van der Waals surface area contributed by atoms with Gasteiger partial charge < -0.3 is 9.57 Å². The third-order valence-corrected chi connectivity index (χ3v) is 6.22. The minimum Gasteiger partial charge on any atom is -0.372 e. The Morgan fingerprint density at radius 2 is 1.79 bits per heavy atom. The molecule has 11 heteroatoms. The fourth-order valence-corrected chi connectivity index (χ4v) is 4.43. The van der Waals surface area contributed by atoms with Crippen molar-refractivity contribution in [2.45, 2.75) is 6.61 Å². The maximum atomic E-state index is 13.4. The second kappa shape index (κ2) is 11.2. The van der Waals surface area contributed by atoms with Crippen molar-refractivity contribution < 1.29 is 23.6 Å². The third-order valence-electron chi connectivity index (χ3n) is 5.68. The van der Waals surface area contributed by atoms with Gasteiger partial charge in [0.25, 0.3) is 5.91 Å². The predicted molar refractivity (Wildman–Crippen MR) is 140 cm³/mol. The normalized spacial score (nSPS) is 13.7. The molecule has 5 rings (SSSR count). The van der Waals surface area contributed by atoms with Crippen molar-refractivity contribution in [1.82, 2.24) is 20.8 Å². The lowest BCUT2D eigenvalue weighted by Gasteiger charge is -2.19. The zero-order valence-corrected chi connectivity index (χ0v) is 21.1. The number of aromatic nitrogens is 2. The van der Waals surface area contributed by atoms with E-state index in [2.05, 4.69) is 16.1 Å². The van der Waals surface area contributed by atoms with Crippen molar-refractivity contribution in [3.05, 3.63) is 117 Å². The number of halogens is 3. The van der Waals surface area contributed by atoms with Gasteiger partial charge in [0.15, 0.2) is 5.69 Å². The largest absolute Gasteiger partial charge is 0.379 e. The molecule has 4 aromatic rings. The van der Waals surface area contributed by atoms with E-state index in [0.717, 1.165) is 5.56 Å². The van der Waals surface area contributed by atoms with Gasteiger partial charge in [-0.25, -0.2) is 13.9 Å². The van der Waals surface area contributed by atoms with Gasteiger partial charge in [0.05, 0.1) is 29.6 Å². The van der Waals surface area contributed by atoms with Crippen LogP contribution < -0.4 is 11.0 Å². The first kappa shape index (κ1) is 25.6. The van der Waals surface area contributed by atoms with Gasteiger partial charge in [0, 0.05) is 21.7 Å². The number of rotatable bonds is 6. The highest BCUT2D eigenvalue weighted by atomic mass is 35.5. The minimum absolute atomic E-state index is 0.0443. The zero-order valence-electron chi connectivity index (χ0n) is 19.6. The average Bonchev–Trinajstić information content (AvgIpc) is 3.31. The molecule has 1 aromatic heterocycles. The molecule has 0 atom stereocenters. The van der Waals surface area contributed by atoms with Crippen molar-refractivity contribution in [3.63, 3.8) is 0 Å². The Balaban J connectivity index is 1.49. The van der Waals surface area contributed by atoms with E-state index in [0.29, 0.717) is 38.1 Å². The molecule has 1 aliphatic rings. The van der Waals surface area contributed by atoms with E-state index in [1.54, 1.807) is 60.7 Å². The number of hydrogen-bond donors (Lipinski definition) is 2. The van der Waals surface area contributed by atoms with Crippen LogP contribution in [0.5, 0.6) is 0 Å². The van der Waals surface area contributed by atoms with Gasteiger partial charge in [-0.05, 0) is 54.1 Å². The molecule has 1 aliphatic heterocycles. The molecule has 192 valence electrons. The van der Waals surface area contributed by atoms with Gasteiger partial charge in [-0.2, -0.15) is 5.10 Å². The van der Waals surface area contributed by atoms with Crippen molar-refractivity contribution in [3.8, 4) is 5.69 Å². The van der Waals surface area contributed by atoms with Crippen LogP contribution in [0.15, 0.2) is 72.8 Å². The Hall–Kier alpha value is -4.02. The first-order chi connectivity index (χ1) is 18.4. The fourth-order valence-electron chi connectivity index (χ4n) is 3.94. The number of amides is 1. The Labute approximate surface area is 226 Å². The first-order valence-corrected chi connectivity index (χ1v) is 12.1. The maximum Gasteiger partial charge on any atom is 0.379 e. The molecule has 38 heavy (non-hydrogen) atoms. The monoisotopic (exact) mass is 552 g/mol. The van der Waals surface area contributed by atoms with E-state index >= 15 is 0 Å². The van der Waals surface area contributed by atoms with E-state index in [1.165, 1.54) is 16.8 Å². The molecule has 0 saturated heterocycles. The summed E-state index contributed by atoms with van der Waals surface area (Å²) in [4.78, 5) is 30.3. The third kappa shape index (κ3) is 5.46. The lowest BCUT2D eigenvalue weighted by Crippen LogP contribution is -2.39. The van der Waals surface area contributed by atoms with Gasteiger partial charge in [0.2, 0.25) is 0 Å². The molecule has 0 saturated carbocycles. The summed E-state index contributed by atoms with van der Waals surface area (Å²) in [5.41, 5.74) is 7.72. The Kier molecular flexibility index (Phi) is 7.52. The van der Waals surface area contributed by atoms with E-state index in [1.807, 2.05) is 6.08 Å². The Bertz CT molecular complexity index is 1540. The van der Waals surface area contributed by atoms with Gasteiger partial charge in [-0.3, -0.25) is 10.2 Å². The second-order valence-corrected chi connectivity index (χ2v) is 9.05. The Morgan fingerprint density at radius 1 is 1.03 bits per heavy atom. The van der Waals surface area contributed by atoms with Crippen molar-refractivity contribution >= 4 is 46.7 Å². The highest BCUT2D eigenvalue weighted by molar-refractivity contribution is 6.35. The topological polar surface area (TPSA) is 94.5 Å². The minimum atomic E-state index is -0.856. The molecule has 3 aromatic carbocycles. The molecule has 2 heterocycles. The molecule has 0 spiro atoms. The molecular weight excluding hydrogens is 534 g/mol. The first-order valence-electron chi connectivity index (χ1n) is 11.3. The summed E-state index contributed by atoms with van der Waals surface area (Å²) >= 11 is 12.6. The van der Waals surface area contributed by atoms with E-state index in [4.69, 9.17) is 32.8 Å². The number of carbonyl (C=O) groups excluding carboxylic acids is 2. The molecule has 2 N–H and O–H groups in total. The van der Waals surface area contributed by atoms with E-state index in [9.17, 15) is 14.0 Å². The van der Waals surface area contributed by atoms with Gasteiger partial charge in [0.1, 0.15) is 5.82 Å².